The number of carbonyl (C=O) groups is 4. The van der Waals surface area contributed by atoms with Crippen molar-refractivity contribution in [3.63, 3.8) is 0 Å². The van der Waals surface area contributed by atoms with Crippen LogP contribution in [0.1, 0.15) is 57.1 Å². The Hall–Kier alpha value is -4.12. The molecule has 4 rings (SSSR count). The number of ether oxygens (including phenoxy) is 2. The molecule has 0 saturated carbocycles. The van der Waals surface area contributed by atoms with Gasteiger partial charge >= 0.3 is 24.1 Å². The normalized spacial score (nSPS) is 15.7. The van der Waals surface area contributed by atoms with E-state index in [1.54, 1.807) is 4.90 Å². The lowest BCUT2D eigenvalue weighted by atomic mass is 9.98. The van der Waals surface area contributed by atoms with Crippen LogP contribution in [0.3, 0.4) is 0 Å². The second-order valence-corrected chi connectivity index (χ2v) is 11.9. The highest BCUT2D eigenvalue weighted by Gasteiger charge is 2.30. The Morgan fingerprint density at radius 2 is 1.53 bits per heavy atom. The first-order valence-electron chi connectivity index (χ1n) is 14.8. The molecule has 3 N–H and O–H groups in total. The molecule has 0 radical (unpaired) electrons. The van der Waals surface area contributed by atoms with E-state index in [9.17, 15) is 24.3 Å². The third kappa shape index (κ3) is 8.93. The van der Waals surface area contributed by atoms with Crippen LogP contribution in [0.25, 0.3) is 11.1 Å². The second kappa shape index (κ2) is 14.4. The van der Waals surface area contributed by atoms with Crippen LogP contribution in [0, 0.1) is 0 Å². The number of fused-ring (bicyclic) bond motifs is 3. The van der Waals surface area contributed by atoms with E-state index < -0.39 is 23.7 Å². The van der Waals surface area contributed by atoms with Gasteiger partial charge < -0.3 is 30.1 Å². The summed E-state index contributed by atoms with van der Waals surface area (Å²) < 4.78 is 10.9. The molecule has 1 aliphatic carbocycles. The van der Waals surface area contributed by atoms with Gasteiger partial charge in [0.15, 0.2) is 0 Å². The fraction of sp³-hybridized carbons (Fsp3) is 0.500. The summed E-state index contributed by atoms with van der Waals surface area (Å²) in [5.41, 5.74) is 3.86. The molecule has 11 heteroatoms. The minimum absolute atomic E-state index is 0.105. The van der Waals surface area contributed by atoms with Gasteiger partial charge in [-0.05, 0) is 62.3 Å². The first-order chi connectivity index (χ1) is 20.5. The summed E-state index contributed by atoms with van der Waals surface area (Å²) >= 11 is 0. The van der Waals surface area contributed by atoms with Gasteiger partial charge in [-0.1, -0.05) is 48.5 Å². The highest BCUT2D eigenvalue weighted by atomic mass is 16.6. The summed E-state index contributed by atoms with van der Waals surface area (Å²) in [7, 11) is 0. The molecule has 2 aromatic carbocycles. The van der Waals surface area contributed by atoms with Crippen LogP contribution in [0.15, 0.2) is 48.5 Å². The van der Waals surface area contributed by atoms with Crippen LogP contribution in [0.2, 0.25) is 0 Å². The minimum Gasteiger partial charge on any atom is -0.480 e. The summed E-state index contributed by atoms with van der Waals surface area (Å²) in [6.45, 7) is 8.33. The van der Waals surface area contributed by atoms with Crippen molar-refractivity contribution in [1.29, 1.82) is 0 Å². The van der Waals surface area contributed by atoms with Crippen LogP contribution in [0.5, 0.6) is 0 Å². The average Bonchev–Trinajstić information content (AvgIpc) is 3.28. The number of carbonyl (C=O) groups excluding carboxylic acids is 3. The number of piperazine rings is 1. The molecule has 0 unspecified atom stereocenters. The summed E-state index contributed by atoms with van der Waals surface area (Å²) in [5, 5.41) is 15.0. The number of rotatable bonds is 11. The molecule has 3 amide bonds. The molecule has 2 aliphatic rings. The van der Waals surface area contributed by atoms with Crippen LogP contribution in [-0.4, -0.2) is 96.5 Å². The van der Waals surface area contributed by atoms with Gasteiger partial charge in [0.05, 0.1) is 6.54 Å². The van der Waals surface area contributed by atoms with Gasteiger partial charge in [-0.15, -0.1) is 0 Å². The number of alkyl carbamates (subject to hydrolysis) is 1. The number of unbranched alkanes of at least 4 members (excludes halogenated alkanes) is 1. The largest absolute Gasteiger partial charge is 0.480 e. The molecular weight excluding hydrogens is 552 g/mol. The predicted molar refractivity (Wildman–Crippen MR) is 161 cm³/mol. The summed E-state index contributed by atoms with van der Waals surface area (Å²) in [4.78, 5) is 52.6. The average molecular weight is 595 g/mol. The zero-order valence-corrected chi connectivity index (χ0v) is 25.1. The standard InChI is InChI=1S/C32H42N4O7/c1-32(2,3)43-28(37)20-35-16-18-36(19-17-35)30(40)33-15-9-8-14-27(29(38)39)34-31(41)42-21-26-24-12-6-4-10-22(24)23-11-5-7-13-25(23)26/h4-7,10-13,26-27H,8-9,14-21H2,1-3H3,(H,33,40)(H,34,41)(H,38,39)/t27-/m1/s1. The number of hydrogen-bond donors (Lipinski definition) is 3. The zero-order chi connectivity index (χ0) is 31.0. The third-order valence-electron chi connectivity index (χ3n) is 7.56. The van der Waals surface area contributed by atoms with E-state index in [4.69, 9.17) is 9.47 Å². The van der Waals surface area contributed by atoms with Crippen molar-refractivity contribution in [2.75, 3.05) is 45.9 Å². The minimum atomic E-state index is -1.14. The Labute approximate surface area is 252 Å². The number of amides is 3. The van der Waals surface area contributed by atoms with E-state index in [0.29, 0.717) is 45.6 Å². The maximum atomic E-state index is 12.5. The van der Waals surface area contributed by atoms with Gasteiger partial charge in [-0.2, -0.15) is 0 Å². The lowest BCUT2D eigenvalue weighted by molar-refractivity contribution is -0.156. The predicted octanol–water partition coefficient (Wildman–Crippen LogP) is 3.82. The van der Waals surface area contributed by atoms with Crippen molar-refractivity contribution in [3.05, 3.63) is 59.7 Å². The Kier molecular flexibility index (Phi) is 10.6. The summed E-state index contributed by atoms with van der Waals surface area (Å²) in [6, 6.07) is 14.7. The van der Waals surface area contributed by atoms with Crippen LogP contribution in [0.4, 0.5) is 9.59 Å². The van der Waals surface area contributed by atoms with Crippen molar-refractivity contribution >= 4 is 24.1 Å². The van der Waals surface area contributed by atoms with Crippen LogP contribution in [-0.2, 0) is 19.1 Å². The molecule has 1 atom stereocenters. The van der Waals surface area contributed by atoms with Crippen molar-refractivity contribution < 1.29 is 33.8 Å². The number of urea groups is 1. The molecule has 1 fully saturated rings. The smallest absolute Gasteiger partial charge is 0.407 e. The van der Waals surface area contributed by atoms with E-state index in [1.807, 2.05) is 74.2 Å². The number of benzene rings is 2. The maximum absolute atomic E-state index is 12.5. The highest BCUT2D eigenvalue weighted by Crippen LogP contribution is 2.44. The number of nitrogens with zero attached hydrogens (tertiary/aromatic N) is 2. The lowest BCUT2D eigenvalue weighted by Gasteiger charge is -2.34. The fourth-order valence-corrected chi connectivity index (χ4v) is 5.49. The van der Waals surface area contributed by atoms with E-state index in [1.165, 1.54) is 0 Å². The van der Waals surface area contributed by atoms with E-state index in [0.717, 1.165) is 22.3 Å². The monoisotopic (exact) mass is 594 g/mol. The Morgan fingerprint density at radius 1 is 0.930 bits per heavy atom. The van der Waals surface area contributed by atoms with Crippen molar-refractivity contribution in [2.24, 2.45) is 0 Å². The Bertz CT molecular complexity index is 1260. The molecule has 11 nitrogen and oxygen atoms in total. The van der Waals surface area contributed by atoms with Crippen LogP contribution >= 0.6 is 0 Å². The molecule has 1 aliphatic heterocycles. The van der Waals surface area contributed by atoms with Crippen molar-refractivity contribution in [2.45, 2.75) is 57.6 Å². The fourth-order valence-electron chi connectivity index (χ4n) is 5.49. The Morgan fingerprint density at radius 3 is 2.12 bits per heavy atom. The maximum Gasteiger partial charge on any atom is 0.407 e. The quantitative estimate of drug-likeness (QED) is 0.264. The molecule has 1 saturated heterocycles. The van der Waals surface area contributed by atoms with Gasteiger partial charge in [0.1, 0.15) is 18.2 Å². The van der Waals surface area contributed by atoms with Crippen LogP contribution < -0.4 is 10.6 Å². The number of carboxylic acid groups (broad SMARTS) is 1. The molecule has 43 heavy (non-hydrogen) atoms. The molecule has 232 valence electrons. The number of esters is 1. The third-order valence-corrected chi connectivity index (χ3v) is 7.56. The summed E-state index contributed by atoms with van der Waals surface area (Å²) in [5.74, 6) is -1.53. The first-order valence-corrected chi connectivity index (χ1v) is 14.8. The Balaban J connectivity index is 1.13. The van der Waals surface area contributed by atoms with Crippen molar-refractivity contribution in [3.8, 4) is 11.1 Å². The molecule has 0 spiro atoms. The van der Waals surface area contributed by atoms with Gasteiger partial charge in [0.25, 0.3) is 0 Å². The van der Waals surface area contributed by atoms with Gasteiger partial charge in [-0.3, -0.25) is 9.69 Å². The van der Waals surface area contributed by atoms with Gasteiger partial charge in [0.2, 0.25) is 0 Å². The van der Waals surface area contributed by atoms with E-state index >= 15 is 0 Å². The molecule has 0 bridgehead atoms. The zero-order valence-electron chi connectivity index (χ0n) is 25.1. The molecule has 1 heterocycles. The molecule has 0 aromatic heterocycles. The number of nitrogens with one attached hydrogen (secondary N) is 2. The van der Waals surface area contributed by atoms with E-state index in [2.05, 4.69) is 10.6 Å². The topological polar surface area (TPSA) is 138 Å². The highest BCUT2D eigenvalue weighted by molar-refractivity contribution is 5.81. The molecular formula is C32H42N4O7. The summed E-state index contributed by atoms with van der Waals surface area (Å²) in [6.07, 6.45) is 0.484. The first kappa shape index (κ1) is 31.8. The SMILES string of the molecule is CC(C)(C)OC(=O)CN1CCN(C(=O)NCCCC[C@@H](NC(=O)OCC2c3ccccc3-c3ccccc32)C(=O)O)CC1. The van der Waals surface area contributed by atoms with E-state index in [-0.39, 0.29) is 37.5 Å². The van der Waals surface area contributed by atoms with Gasteiger partial charge in [-0.25, -0.2) is 14.4 Å². The van der Waals surface area contributed by atoms with Gasteiger partial charge in [0, 0.05) is 38.6 Å². The molecule has 2 aromatic rings. The van der Waals surface area contributed by atoms with Crippen molar-refractivity contribution in [1.82, 2.24) is 20.4 Å². The number of carboxylic acids is 1. The lowest BCUT2D eigenvalue weighted by Crippen LogP contribution is -2.53. The second-order valence-electron chi connectivity index (χ2n) is 11.9. The number of hydrogen-bond acceptors (Lipinski definition) is 7. The number of aliphatic carboxylic acids is 1.